The number of para-hydroxylation sites is 1. The largest absolute Gasteiger partial charge is 0.465 e. The third-order valence-corrected chi connectivity index (χ3v) is 5.16. The van der Waals surface area contributed by atoms with Gasteiger partial charge >= 0.3 is 12.1 Å². The summed E-state index contributed by atoms with van der Waals surface area (Å²) in [6.45, 7) is -1.23. The lowest BCUT2D eigenvalue weighted by Gasteiger charge is -2.14. The molecule has 162 valence electrons. The number of ether oxygens (including phenoxy) is 1. The van der Waals surface area contributed by atoms with Crippen molar-refractivity contribution in [1.82, 2.24) is 9.55 Å². The van der Waals surface area contributed by atoms with Gasteiger partial charge in [-0.2, -0.15) is 13.2 Å². The van der Waals surface area contributed by atoms with E-state index in [2.05, 4.69) is 15.0 Å². The standard InChI is InChI=1S/C21H18F3N3O3S/c1-30-19(29)15-9-5-6-10-16(15)26-18(28)12-31-20-25-11-17(14-7-3-2-4-8-14)27(20)13-21(22,23)24/h2-11H,12-13H2,1H3,(H,26,28). The molecule has 0 aliphatic heterocycles. The molecule has 3 aromatic rings. The second-order valence-electron chi connectivity index (χ2n) is 6.37. The maximum absolute atomic E-state index is 13.2. The Morgan fingerprint density at radius 3 is 2.45 bits per heavy atom. The number of esters is 1. The van der Waals surface area contributed by atoms with Gasteiger partial charge in [-0.3, -0.25) is 4.79 Å². The van der Waals surface area contributed by atoms with E-state index in [1.54, 1.807) is 42.5 Å². The molecule has 0 unspecified atom stereocenters. The Balaban J connectivity index is 1.77. The van der Waals surface area contributed by atoms with Gasteiger partial charge in [-0.05, 0) is 17.7 Å². The first-order valence-corrected chi connectivity index (χ1v) is 10.0. The second kappa shape index (κ2) is 9.69. The molecule has 6 nitrogen and oxygen atoms in total. The van der Waals surface area contributed by atoms with E-state index in [9.17, 15) is 22.8 Å². The highest BCUT2D eigenvalue weighted by Gasteiger charge is 2.31. The summed E-state index contributed by atoms with van der Waals surface area (Å²) in [4.78, 5) is 28.3. The van der Waals surface area contributed by atoms with Crippen LogP contribution in [-0.4, -0.2) is 40.5 Å². The molecule has 0 aliphatic rings. The Morgan fingerprint density at radius 1 is 1.10 bits per heavy atom. The number of nitrogens with zero attached hydrogens (tertiary/aromatic N) is 2. The van der Waals surface area contributed by atoms with Gasteiger partial charge in [0.05, 0.1) is 36.0 Å². The van der Waals surface area contributed by atoms with Crippen LogP contribution in [0.5, 0.6) is 0 Å². The number of thioether (sulfide) groups is 1. The number of methoxy groups -OCH3 is 1. The van der Waals surface area contributed by atoms with Gasteiger partial charge in [0.1, 0.15) is 6.54 Å². The zero-order valence-corrected chi connectivity index (χ0v) is 17.2. The van der Waals surface area contributed by atoms with E-state index in [4.69, 9.17) is 0 Å². The smallest absolute Gasteiger partial charge is 0.406 e. The van der Waals surface area contributed by atoms with E-state index >= 15 is 0 Å². The molecule has 0 saturated carbocycles. The lowest BCUT2D eigenvalue weighted by atomic mass is 10.2. The zero-order valence-electron chi connectivity index (χ0n) is 16.3. The van der Waals surface area contributed by atoms with Gasteiger partial charge in [-0.1, -0.05) is 54.2 Å². The number of amides is 1. The fraction of sp³-hybridized carbons (Fsp3) is 0.190. The van der Waals surface area contributed by atoms with Gasteiger partial charge in [0.15, 0.2) is 5.16 Å². The quantitative estimate of drug-likeness (QED) is 0.421. The van der Waals surface area contributed by atoms with Crippen LogP contribution in [0.1, 0.15) is 10.4 Å². The van der Waals surface area contributed by atoms with E-state index in [0.717, 1.165) is 16.3 Å². The topological polar surface area (TPSA) is 73.2 Å². The number of hydrogen-bond acceptors (Lipinski definition) is 5. The van der Waals surface area contributed by atoms with Crippen LogP contribution >= 0.6 is 11.8 Å². The molecule has 0 radical (unpaired) electrons. The van der Waals surface area contributed by atoms with Crippen molar-refractivity contribution < 1.29 is 27.5 Å². The third kappa shape index (κ3) is 5.88. The van der Waals surface area contributed by atoms with Gasteiger partial charge < -0.3 is 14.6 Å². The van der Waals surface area contributed by atoms with Crippen molar-refractivity contribution in [3.63, 3.8) is 0 Å². The van der Waals surface area contributed by atoms with Crippen molar-refractivity contribution in [3.8, 4) is 11.3 Å². The number of halogens is 3. The van der Waals surface area contributed by atoms with Crippen LogP contribution in [0.4, 0.5) is 18.9 Å². The van der Waals surface area contributed by atoms with Gasteiger partial charge in [-0.25, -0.2) is 9.78 Å². The monoisotopic (exact) mass is 449 g/mol. The average Bonchev–Trinajstić information content (AvgIpc) is 3.13. The van der Waals surface area contributed by atoms with Crippen molar-refractivity contribution in [2.24, 2.45) is 0 Å². The van der Waals surface area contributed by atoms with Crippen molar-refractivity contribution >= 4 is 29.3 Å². The summed E-state index contributed by atoms with van der Waals surface area (Å²) in [6.07, 6.45) is -3.10. The summed E-state index contributed by atoms with van der Waals surface area (Å²) in [7, 11) is 1.22. The lowest BCUT2D eigenvalue weighted by Crippen LogP contribution is -2.20. The van der Waals surface area contributed by atoms with Gasteiger partial charge in [-0.15, -0.1) is 0 Å². The predicted molar refractivity (Wildman–Crippen MR) is 111 cm³/mol. The second-order valence-corrected chi connectivity index (χ2v) is 7.31. The Labute approximate surface area is 180 Å². The normalized spacial score (nSPS) is 11.2. The predicted octanol–water partition coefficient (Wildman–Crippen LogP) is 4.63. The fourth-order valence-corrected chi connectivity index (χ4v) is 3.62. The molecule has 10 heteroatoms. The molecule has 2 aromatic carbocycles. The molecule has 0 fully saturated rings. The molecular weight excluding hydrogens is 431 g/mol. The van der Waals surface area contributed by atoms with Gasteiger partial charge in [0.2, 0.25) is 5.91 Å². The minimum atomic E-state index is -4.46. The molecule has 0 aliphatic carbocycles. The first kappa shape index (κ1) is 22.4. The summed E-state index contributed by atoms with van der Waals surface area (Å²) < 4.78 is 45.2. The summed E-state index contributed by atoms with van der Waals surface area (Å²) >= 11 is 0.874. The van der Waals surface area contributed by atoms with Crippen LogP contribution in [0.3, 0.4) is 0 Å². The first-order chi connectivity index (χ1) is 14.8. The van der Waals surface area contributed by atoms with Crippen LogP contribution in [0.25, 0.3) is 11.3 Å². The number of anilines is 1. The molecule has 1 heterocycles. The summed E-state index contributed by atoms with van der Waals surface area (Å²) in [5.74, 6) is -1.31. The number of benzene rings is 2. The van der Waals surface area contributed by atoms with E-state index in [-0.39, 0.29) is 22.2 Å². The maximum atomic E-state index is 13.2. The number of imidazole rings is 1. The molecule has 0 saturated heterocycles. The zero-order chi connectivity index (χ0) is 22.4. The van der Waals surface area contributed by atoms with Crippen LogP contribution in [0.15, 0.2) is 66.0 Å². The highest BCUT2D eigenvalue weighted by atomic mass is 32.2. The van der Waals surface area contributed by atoms with Crippen LogP contribution < -0.4 is 5.32 Å². The van der Waals surface area contributed by atoms with E-state index < -0.39 is 24.6 Å². The van der Waals surface area contributed by atoms with Crippen molar-refractivity contribution in [2.75, 3.05) is 18.2 Å². The summed E-state index contributed by atoms with van der Waals surface area (Å²) in [6, 6.07) is 14.9. The molecule has 3 rings (SSSR count). The number of alkyl halides is 3. The van der Waals surface area contributed by atoms with Crippen molar-refractivity contribution in [2.45, 2.75) is 17.9 Å². The number of carbonyl (C=O) groups is 2. The summed E-state index contributed by atoms with van der Waals surface area (Å²) in [5, 5.41) is 2.64. The molecule has 0 atom stereocenters. The number of hydrogen-bond donors (Lipinski definition) is 1. The molecule has 0 spiro atoms. The van der Waals surface area contributed by atoms with Crippen molar-refractivity contribution in [3.05, 3.63) is 66.4 Å². The van der Waals surface area contributed by atoms with Gasteiger partial charge in [0.25, 0.3) is 0 Å². The highest BCUT2D eigenvalue weighted by Crippen LogP contribution is 2.30. The van der Waals surface area contributed by atoms with E-state index in [1.165, 1.54) is 25.4 Å². The Morgan fingerprint density at radius 2 is 1.77 bits per heavy atom. The number of rotatable bonds is 7. The van der Waals surface area contributed by atoms with Crippen molar-refractivity contribution in [1.29, 1.82) is 0 Å². The molecule has 1 N–H and O–H groups in total. The number of aromatic nitrogens is 2. The Kier molecular flexibility index (Phi) is 7.01. The lowest BCUT2D eigenvalue weighted by molar-refractivity contribution is -0.141. The minimum Gasteiger partial charge on any atom is -0.465 e. The maximum Gasteiger partial charge on any atom is 0.406 e. The SMILES string of the molecule is COC(=O)c1ccccc1NC(=O)CSc1ncc(-c2ccccc2)n1CC(F)(F)F. The average molecular weight is 449 g/mol. The van der Waals surface area contributed by atoms with Gasteiger partial charge in [0, 0.05) is 0 Å². The highest BCUT2D eigenvalue weighted by molar-refractivity contribution is 7.99. The minimum absolute atomic E-state index is 0.0626. The van der Waals surface area contributed by atoms with Crippen LogP contribution in [-0.2, 0) is 16.1 Å². The van der Waals surface area contributed by atoms with Crippen LogP contribution in [0, 0.1) is 0 Å². The molecule has 1 aromatic heterocycles. The first-order valence-electron chi connectivity index (χ1n) is 9.06. The van der Waals surface area contributed by atoms with E-state index in [1.807, 2.05) is 0 Å². The fourth-order valence-electron chi connectivity index (χ4n) is 2.84. The third-order valence-electron chi connectivity index (χ3n) is 4.16. The molecular formula is C21H18F3N3O3S. The summed E-state index contributed by atoms with van der Waals surface area (Å²) in [5.41, 5.74) is 1.32. The molecule has 0 bridgehead atoms. The van der Waals surface area contributed by atoms with Crippen LogP contribution in [0.2, 0.25) is 0 Å². The number of nitrogens with one attached hydrogen (secondary N) is 1. The number of carbonyl (C=O) groups excluding carboxylic acids is 2. The Bertz CT molecular complexity index is 1070. The molecule has 31 heavy (non-hydrogen) atoms. The molecule has 1 amide bonds. The Hall–Kier alpha value is -3.27. The van der Waals surface area contributed by atoms with E-state index in [0.29, 0.717) is 11.3 Å².